The summed E-state index contributed by atoms with van der Waals surface area (Å²) in [4.78, 5) is 14.8. The van der Waals surface area contributed by atoms with E-state index in [0.29, 0.717) is 5.75 Å². The van der Waals surface area contributed by atoms with Crippen molar-refractivity contribution in [2.75, 3.05) is 5.75 Å². The van der Waals surface area contributed by atoms with E-state index < -0.39 is 0 Å². The van der Waals surface area contributed by atoms with E-state index in [0.717, 1.165) is 29.5 Å². The molecule has 5 nitrogen and oxygen atoms in total. The van der Waals surface area contributed by atoms with Gasteiger partial charge in [0.25, 0.3) is 0 Å². The molecular formula is C25H32N4OS. The first kappa shape index (κ1) is 23.1. The third-order valence-corrected chi connectivity index (χ3v) is 6.08. The van der Waals surface area contributed by atoms with Gasteiger partial charge in [-0.2, -0.15) is 0 Å². The number of carbonyl (C=O) groups excluding carboxylic acids is 1. The van der Waals surface area contributed by atoms with Crippen LogP contribution in [0.4, 0.5) is 0 Å². The minimum atomic E-state index is 0.125. The van der Waals surface area contributed by atoms with E-state index in [1.807, 2.05) is 17.0 Å². The molecule has 0 N–H and O–H groups in total. The van der Waals surface area contributed by atoms with E-state index in [1.54, 1.807) is 0 Å². The minimum absolute atomic E-state index is 0.125. The van der Waals surface area contributed by atoms with Gasteiger partial charge >= 0.3 is 0 Å². The smallest absolute Gasteiger partial charge is 0.233 e. The van der Waals surface area contributed by atoms with Crippen molar-refractivity contribution in [3.8, 4) is 5.69 Å². The van der Waals surface area contributed by atoms with Crippen LogP contribution in [0, 0.1) is 6.92 Å². The Labute approximate surface area is 189 Å². The van der Waals surface area contributed by atoms with Crippen molar-refractivity contribution in [2.24, 2.45) is 0 Å². The van der Waals surface area contributed by atoms with Crippen molar-refractivity contribution < 1.29 is 4.79 Å². The second-order valence-electron chi connectivity index (χ2n) is 8.34. The molecule has 1 aromatic heterocycles. The number of hydrogen-bond donors (Lipinski definition) is 0. The molecule has 0 aliphatic heterocycles. The van der Waals surface area contributed by atoms with Gasteiger partial charge in [0.1, 0.15) is 5.82 Å². The second kappa shape index (κ2) is 10.6. The number of rotatable bonds is 9. The van der Waals surface area contributed by atoms with E-state index in [1.165, 1.54) is 22.9 Å². The zero-order chi connectivity index (χ0) is 22.4. The van der Waals surface area contributed by atoms with Crippen LogP contribution in [0.2, 0.25) is 0 Å². The van der Waals surface area contributed by atoms with Crippen LogP contribution in [0.25, 0.3) is 5.69 Å². The fourth-order valence-corrected chi connectivity index (χ4v) is 4.70. The van der Waals surface area contributed by atoms with Crippen LogP contribution in [0.3, 0.4) is 0 Å². The van der Waals surface area contributed by atoms with Crippen molar-refractivity contribution in [2.45, 2.75) is 64.7 Å². The number of aromatic nitrogens is 3. The Morgan fingerprint density at radius 1 is 0.968 bits per heavy atom. The Morgan fingerprint density at radius 3 is 2.32 bits per heavy atom. The highest BCUT2D eigenvalue weighted by Gasteiger charge is 2.22. The average molecular weight is 437 g/mol. The maximum atomic E-state index is 12.9. The van der Waals surface area contributed by atoms with Crippen molar-refractivity contribution in [1.82, 2.24) is 19.7 Å². The largest absolute Gasteiger partial charge is 0.337 e. The van der Waals surface area contributed by atoms with Gasteiger partial charge in [0.05, 0.1) is 5.75 Å². The summed E-state index contributed by atoms with van der Waals surface area (Å²) in [5, 5.41) is 9.72. The molecule has 0 radical (unpaired) electrons. The van der Waals surface area contributed by atoms with Gasteiger partial charge in [0.2, 0.25) is 5.91 Å². The lowest BCUT2D eigenvalue weighted by atomic mass is 10.1. The molecule has 0 aliphatic rings. The van der Waals surface area contributed by atoms with Crippen LogP contribution in [0.1, 0.15) is 44.6 Å². The molecule has 2 aromatic carbocycles. The SMILES string of the molecule is Cc1cccc(-n2c(CCc3ccccc3)nnc2SCC(=O)N(C(C)C)C(C)C)c1. The number of aryl methyl sites for hydroxylation is 3. The maximum absolute atomic E-state index is 12.9. The minimum Gasteiger partial charge on any atom is -0.337 e. The van der Waals surface area contributed by atoms with E-state index in [-0.39, 0.29) is 18.0 Å². The normalized spacial score (nSPS) is 11.3. The first-order valence-electron chi connectivity index (χ1n) is 10.9. The quantitative estimate of drug-likeness (QED) is 0.438. The van der Waals surface area contributed by atoms with Gasteiger partial charge in [-0.1, -0.05) is 54.2 Å². The molecule has 0 spiro atoms. The van der Waals surface area contributed by atoms with Gasteiger partial charge < -0.3 is 4.90 Å². The van der Waals surface area contributed by atoms with Crippen molar-refractivity contribution in [3.63, 3.8) is 0 Å². The zero-order valence-electron chi connectivity index (χ0n) is 19.1. The Morgan fingerprint density at radius 2 is 1.68 bits per heavy atom. The molecule has 0 atom stereocenters. The predicted molar refractivity (Wildman–Crippen MR) is 128 cm³/mol. The summed E-state index contributed by atoms with van der Waals surface area (Å²) in [6.07, 6.45) is 1.67. The van der Waals surface area contributed by atoms with E-state index in [9.17, 15) is 4.79 Å². The van der Waals surface area contributed by atoms with Crippen LogP contribution < -0.4 is 0 Å². The molecule has 3 rings (SSSR count). The standard InChI is InChI=1S/C25H32N4OS/c1-18(2)28(19(3)4)24(30)17-31-25-27-26-23(15-14-21-11-7-6-8-12-21)29(25)22-13-9-10-20(5)16-22/h6-13,16,18-19H,14-15,17H2,1-5H3. The molecule has 0 fully saturated rings. The average Bonchev–Trinajstić information content (AvgIpc) is 3.14. The van der Waals surface area contributed by atoms with Crippen molar-refractivity contribution >= 4 is 17.7 Å². The number of benzene rings is 2. The summed E-state index contributed by atoms with van der Waals surface area (Å²) < 4.78 is 2.10. The molecule has 3 aromatic rings. The van der Waals surface area contributed by atoms with Crippen molar-refractivity contribution in [1.29, 1.82) is 0 Å². The number of nitrogens with zero attached hydrogens (tertiary/aromatic N) is 4. The monoisotopic (exact) mass is 436 g/mol. The predicted octanol–water partition coefficient (Wildman–Crippen LogP) is 5.10. The number of carbonyl (C=O) groups is 1. The molecule has 6 heteroatoms. The summed E-state index contributed by atoms with van der Waals surface area (Å²) in [6, 6.07) is 19.1. The number of thioether (sulfide) groups is 1. The van der Waals surface area contributed by atoms with Crippen LogP contribution in [0.15, 0.2) is 59.8 Å². The third kappa shape index (κ3) is 5.97. The Bertz CT molecular complexity index is 990. The van der Waals surface area contributed by atoms with Crippen LogP contribution in [-0.4, -0.2) is 43.4 Å². The molecule has 0 aliphatic carbocycles. The lowest BCUT2D eigenvalue weighted by Crippen LogP contribution is -2.43. The first-order chi connectivity index (χ1) is 14.9. The topological polar surface area (TPSA) is 51.0 Å². The molecule has 164 valence electrons. The van der Waals surface area contributed by atoms with E-state index in [2.05, 4.69) is 91.8 Å². The van der Waals surface area contributed by atoms with Gasteiger partial charge in [-0.3, -0.25) is 9.36 Å². The first-order valence-corrected chi connectivity index (χ1v) is 11.8. The highest BCUT2D eigenvalue weighted by molar-refractivity contribution is 7.99. The molecular weight excluding hydrogens is 404 g/mol. The second-order valence-corrected chi connectivity index (χ2v) is 9.28. The van der Waals surface area contributed by atoms with Gasteiger partial charge in [-0.05, 0) is 64.3 Å². The number of amides is 1. The molecule has 1 amide bonds. The van der Waals surface area contributed by atoms with Crippen LogP contribution in [0.5, 0.6) is 0 Å². The van der Waals surface area contributed by atoms with E-state index >= 15 is 0 Å². The molecule has 0 bridgehead atoms. The van der Waals surface area contributed by atoms with Crippen molar-refractivity contribution in [3.05, 3.63) is 71.5 Å². The Hall–Kier alpha value is -2.60. The van der Waals surface area contributed by atoms with Gasteiger partial charge in [-0.25, -0.2) is 0 Å². The lowest BCUT2D eigenvalue weighted by molar-refractivity contribution is -0.131. The zero-order valence-corrected chi connectivity index (χ0v) is 19.9. The molecule has 0 unspecified atom stereocenters. The molecule has 1 heterocycles. The van der Waals surface area contributed by atoms with Crippen LogP contribution in [-0.2, 0) is 17.6 Å². The molecule has 0 saturated carbocycles. The lowest BCUT2D eigenvalue weighted by Gasteiger charge is -2.30. The Kier molecular flexibility index (Phi) is 7.91. The summed E-state index contributed by atoms with van der Waals surface area (Å²) in [5.74, 6) is 1.38. The maximum Gasteiger partial charge on any atom is 0.233 e. The highest BCUT2D eigenvalue weighted by Crippen LogP contribution is 2.24. The molecule has 0 saturated heterocycles. The van der Waals surface area contributed by atoms with Gasteiger partial charge in [0, 0.05) is 24.2 Å². The summed E-state index contributed by atoms with van der Waals surface area (Å²) in [7, 11) is 0. The van der Waals surface area contributed by atoms with Crippen LogP contribution >= 0.6 is 11.8 Å². The summed E-state index contributed by atoms with van der Waals surface area (Å²) in [5.41, 5.74) is 3.49. The number of hydrogen-bond acceptors (Lipinski definition) is 4. The fourth-order valence-electron chi connectivity index (χ4n) is 3.86. The summed E-state index contributed by atoms with van der Waals surface area (Å²) >= 11 is 1.46. The summed E-state index contributed by atoms with van der Waals surface area (Å²) in [6.45, 7) is 10.3. The van der Waals surface area contributed by atoms with Gasteiger partial charge in [0.15, 0.2) is 5.16 Å². The van der Waals surface area contributed by atoms with Gasteiger partial charge in [-0.15, -0.1) is 10.2 Å². The fraction of sp³-hybridized carbons (Fsp3) is 0.400. The third-order valence-electron chi connectivity index (χ3n) is 5.17. The van der Waals surface area contributed by atoms with E-state index in [4.69, 9.17) is 0 Å². The highest BCUT2D eigenvalue weighted by atomic mass is 32.2. The Balaban J connectivity index is 1.84. The molecule has 31 heavy (non-hydrogen) atoms.